The van der Waals surface area contributed by atoms with Crippen LogP contribution in [0.3, 0.4) is 0 Å². The smallest absolute Gasteiger partial charge is 0.124 e. The Morgan fingerprint density at radius 2 is 2.00 bits per heavy atom. The van der Waals surface area contributed by atoms with E-state index in [0.717, 1.165) is 22.1 Å². The summed E-state index contributed by atoms with van der Waals surface area (Å²) in [6.07, 6.45) is -0.853. The number of rotatable bonds is 6. The molecule has 4 nitrogen and oxygen atoms in total. The summed E-state index contributed by atoms with van der Waals surface area (Å²) in [4.78, 5) is 0. The molecule has 0 aliphatic heterocycles. The van der Waals surface area contributed by atoms with E-state index in [-0.39, 0.29) is 13.2 Å². The summed E-state index contributed by atoms with van der Waals surface area (Å²) < 4.78 is 5.60. The summed E-state index contributed by atoms with van der Waals surface area (Å²) in [7, 11) is 1.88. The van der Waals surface area contributed by atoms with E-state index >= 15 is 0 Å². The highest BCUT2D eigenvalue weighted by molar-refractivity contribution is 5.87. The van der Waals surface area contributed by atoms with Gasteiger partial charge >= 0.3 is 0 Å². The molecule has 2 aromatic carbocycles. The molecule has 3 N–H and O–H groups in total. The Balaban J connectivity index is 2.34. The average Bonchev–Trinajstić information content (AvgIpc) is 2.46. The Morgan fingerprint density at radius 1 is 1.21 bits per heavy atom. The van der Waals surface area contributed by atoms with Gasteiger partial charge in [0.1, 0.15) is 18.5 Å². The van der Waals surface area contributed by atoms with Crippen molar-refractivity contribution in [3.8, 4) is 5.75 Å². The topological polar surface area (TPSA) is 61.7 Å². The first kappa shape index (κ1) is 13.8. The second kappa shape index (κ2) is 6.52. The maximum Gasteiger partial charge on any atom is 0.124 e. The molecule has 0 fully saturated rings. The average molecular weight is 261 g/mol. The number of aliphatic hydroxyl groups is 2. The molecule has 0 aliphatic rings. The van der Waals surface area contributed by atoms with Gasteiger partial charge in [-0.05, 0) is 23.9 Å². The number of hydrogen-bond acceptors (Lipinski definition) is 4. The van der Waals surface area contributed by atoms with Gasteiger partial charge in [-0.2, -0.15) is 0 Å². The molecule has 0 aromatic heterocycles. The summed E-state index contributed by atoms with van der Waals surface area (Å²) in [5, 5.41) is 23.6. The van der Waals surface area contributed by atoms with Crippen molar-refractivity contribution in [1.29, 1.82) is 0 Å². The molecule has 0 saturated carbocycles. The van der Waals surface area contributed by atoms with Gasteiger partial charge in [0.15, 0.2) is 0 Å². The molecular formula is C15H19NO3. The van der Waals surface area contributed by atoms with E-state index in [9.17, 15) is 5.11 Å². The molecule has 1 unspecified atom stereocenters. The van der Waals surface area contributed by atoms with E-state index < -0.39 is 6.10 Å². The van der Waals surface area contributed by atoms with Crippen molar-refractivity contribution in [1.82, 2.24) is 5.32 Å². The fraction of sp³-hybridized carbons (Fsp3) is 0.333. The van der Waals surface area contributed by atoms with E-state index in [2.05, 4.69) is 17.4 Å². The third kappa shape index (κ3) is 3.23. The van der Waals surface area contributed by atoms with Crippen LogP contribution in [-0.4, -0.2) is 36.6 Å². The van der Waals surface area contributed by atoms with Gasteiger partial charge in [0.25, 0.3) is 0 Å². The second-order valence-corrected chi connectivity index (χ2v) is 4.44. The van der Waals surface area contributed by atoms with Crippen molar-refractivity contribution in [3.63, 3.8) is 0 Å². The molecule has 0 radical (unpaired) electrons. The minimum absolute atomic E-state index is 0.0888. The van der Waals surface area contributed by atoms with Crippen molar-refractivity contribution in [2.24, 2.45) is 0 Å². The normalized spacial score (nSPS) is 12.6. The van der Waals surface area contributed by atoms with E-state index in [4.69, 9.17) is 9.84 Å². The van der Waals surface area contributed by atoms with Gasteiger partial charge in [0.2, 0.25) is 0 Å². The lowest BCUT2D eigenvalue weighted by Gasteiger charge is -2.15. The number of benzene rings is 2. The lowest BCUT2D eigenvalue weighted by molar-refractivity contribution is 0.0533. The van der Waals surface area contributed by atoms with Gasteiger partial charge in [-0.25, -0.2) is 0 Å². The van der Waals surface area contributed by atoms with E-state index in [1.807, 2.05) is 31.3 Å². The predicted molar refractivity (Wildman–Crippen MR) is 75.3 cm³/mol. The van der Waals surface area contributed by atoms with E-state index in [1.54, 1.807) is 0 Å². The Kier molecular flexibility index (Phi) is 4.74. The molecule has 0 saturated heterocycles. The minimum Gasteiger partial charge on any atom is -0.490 e. The van der Waals surface area contributed by atoms with Crippen LogP contribution in [0.4, 0.5) is 0 Å². The summed E-state index contributed by atoms with van der Waals surface area (Å²) in [5.74, 6) is 0.737. The second-order valence-electron chi connectivity index (χ2n) is 4.44. The number of ether oxygens (including phenoxy) is 1. The zero-order valence-corrected chi connectivity index (χ0v) is 11.0. The third-order valence-corrected chi connectivity index (χ3v) is 2.99. The van der Waals surface area contributed by atoms with Gasteiger partial charge in [-0.3, -0.25) is 0 Å². The van der Waals surface area contributed by atoms with Crippen LogP contribution < -0.4 is 10.1 Å². The first-order chi connectivity index (χ1) is 9.26. The monoisotopic (exact) mass is 261 g/mol. The highest BCUT2D eigenvalue weighted by Crippen LogP contribution is 2.28. The molecule has 1 atom stereocenters. The maximum absolute atomic E-state index is 9.36. The first-order valence-corrected chi connectivity index (χ1v) is 6.33. The molecule has 19 heavy (non-hydrogen) atoms. The Morgan fingerprint density at radius 3 is 2.74 bits per heavy atom. The quantitative estimate of drug-likeness (QED) is 0.733. The third-order valence-electron chi connectivity index (χ3n) is 2.99. The Labute approximate surface area is 112 Å². The molecule has 2 rings (SSSR count). The van der Waals surface area contributed by atoms with E-state index in [1.165, 1.54) is 0 Å². The fourth-order valence-electron chi connectivity index (χ4n) is 2.05. The lowest BCUT2D eigenvalue weighted by atomic mass is 10.0. The molecule has 0 amide bonds. The molecule has 0 heterocycles. The maximum atomic E-state index is 9.36. The highest BCUT2D eigenvalue weighted by atomic mass is 16.5. The van der Waals surface area contributed by atoms with E-state index in [0.29, 0.717) is 6.54 Å². The molecule has 0 bridgehead atoms. The van der Waals surface area contributed by atoms with Crippen LogP contribution >= 0.6 is 0 Å². The van der Waals surface area contributed by atoms with Crippen LogP contribution in [0.5, 0.6) is 5.75 Å². The number of hydrogen-bond donors (Lipinski definition) is 3. The van der Waals surface area contributed by atoms with Gasteiger partial charge in [-0.15, -0.1) is 0 Å². The molecule has 102 valence electrons. The Bertz CT molecular complexity index is 542. The fourth-order valence-corrected chi connectivity index (χ4v) is 2.05. The molecule has 0 spiro atoms. The van der Waals surface area contributed by atoms with Crippen LogP contribution in [0, 0.1) is 0 Å². The lowest BCUT2D eigenvalue weighted by Crippen LogP contribution is -2.22. The zero-order valence-electron chi connectivity index (χ0n) is 11.0. The molecule has 2 aromatic rings. The largest absolute Gasteiger partial charge is 0.490 e. The number of aliphatic hydroxyl groups excluding tert-OH is 2. The minimum atomic E-state index is -0.853. The summed E-state index contributed by atoms with van der Waals surface area (Å²) in [5.41, 5.74) is 1.06. The van der Waals surface area contributed by atoms with Crippen LogP contribution in [0.25, 0.3) is 10.8 Å². The SMILES string of the molecule is CNCc1c(OCC(O)CO)ccc2ccccc12. The van der Waals surface area contributed by atoms with Crippen molar-refractivity contribution >= 4 is 10.8 Å². The Hall–Kier alpha value is -1.62. The van der Waals surface area contributed by atoms with Crippen molar-refractivity contribution in [2.75, 3.05) is 20.3 Å². The molecular weight excluding hydrogens is 242 g/mol. The number of nitrogens with one attached hydrogen (secondary N) is 1. The first-order valence-electron chi connectivity index (χ1n) is 6.33. The van der Waals surface area contributed by atoms with Crippen LogP contribution in [0.2, 0.25) is 0 Å². The highest BCUT2D eigenvalue weighted by Gasteiger charge is 2.10. The summed E-state index contributed by atoms with van der Waals surface area (Å²) in [6, 6.07) is 12.0. The van der Waals surface area contributed by atoms with Gasteiger partial charge < -0.3 is 20.3 Å². The predicted octanol–water partition coefficient (Wildman–Crippen LogP) is 1.29. The molecule has 0 aliphatic carbocycles. The van der Waals surface area contributed by atoms with Gasteiger partial charge in [0.05, 0.1) is 6.61 Å². The van der Waals surface area contributed by atoms with Crippen molar-refractivity contribution in [2.45, 2.75) is 12.6 Å². The van der Waals surface area contributed by atoms with Gasteiger partial charge in [0, 0.05) is 12.1 Å². The molecule has 4 heteroatoms. The summed E-state index contributed by atoms with van der Waals surface area (Å²) in [6.45, 7) is 0.479. The van der Waals surface area contributed by atoms with Crippen LogP contribution in [0.15, 0.2) is 36.4 Å². The standard InChI is InChI=1S/C15H19NO3/c1-16-8-14-13-5-3-2-4-11(13)6-7-15(14)19-10-12(18)9-17/h2-7,12,16-18H,8-10H2,1H3. The van der Waals surface area contributed by atoms with Crippen molar-refractivity contribution in [3.05, 3.63) is 42.0 Å². The van der Waals surface area contributed by atoms with Crippen LogP contribution in [0.1, 0.15) is 5.56 Å². The zero-order chi connectivity index (χ0) is 13.7. The number of fused-ring (bicyclic) bond motifs is 1. The van der Waals surface area contributed by atoms with Crippen LogP contribution in [-0.2, 0) is 6.54 Å². The summed E-state index contributed by atoms with van der Waals surface area (Å²) >= 11 is 0. The van der Waals surface area contributed by atoms with Crippen molar-refractivity contribution < 1.29 is 14.9 Å². The van der Waals surface area contributed by atoms with Gasteiger partial charge in [-0.1, -0.05) is 30.3 Å².